The Morgan fingerprint density at radius 2 is 1.86 bits per heavy atom. The Balaban J connectivity index is 1.53. The summed E-state index contributed by atoms with van der Waals surface area (Å²) in [5.41, 5.74) is 5.55. The Morgan fingerprint density at radius 1 is 1.10 bits per heavy atom. The lowest BCUT2D eigenvalue weighted by atomic mass is 10.2. The molecular formula is C20H21N3O5S. The highest BCUT2D eigenvalue weighted by Crippen LogP contribution is 2.31. The maximum atomic E-state index is 12.3. The first-order valence-electron chi connectivity index (χ1n) is 9.07. The highest BCUT2D eigenvalue weighted by Gasteiger charge is 2.16. The predicted octanol–water partition coefficient (Wildman–Crippen LogP) is 2.36. The topological polar surface area (TPSA) is 106 Å². The van der Waals surface area contributed by atoms with Gasteiger partial charge in [0.2, 0.25) is 5.91 Å². The average molecular weight is 415 g/mol. The number of thioether (sulfide) groups is 1. The number of ether oxygens (including phenoxy) is 2. The van der Waals surface area contributed by atoms with Gasteiger partial charge in [-0.2, -0.15) is 0 Å². The first kappa shape index (κ1) is 20.5. The SMILES string of the molecule is CCOc1ccccc1OCC(=O)NNC(=O)c1ccc2c(c1)NC(=O)CCS2. The van der Waals surface area contributed by atoms with Crippen molar-refractivity contribution in [3.63, 3.8) is 0 Å². The Kier molecular flexibility index (Phi) is 6.96. The van der Waals surface area contributed by atoms with Gasteiger partial charge in [-0.05, 0) is 37.3 Å². The quantitative estimate of drug-likeness (QED) is 0.626. The third kappa shape index (κ3) is 5.64. The Labute approximate surface area is 172 Å². The van der Waals surface area contributed by atoms with Gasteiger partial charge in [0.05, 0.1) is 12.3 Å². The predicted molar refractivity (Wildman–Crippen MR) is 109 cm³/mol. The molecule has 1 aliphatic heterocycles. The van der Waals surface area contributed by atoms with Crippen LogP contribution in [-0.2, 0) is 9.59 Å². The van der Waals surface area contributed by atoms with Crippen LogP contribution in [0.4, 0.5) is 5.69 Å². The second-order valence-corrected chi connectivity index (χ2v) is 7.17. The van der Waals surface area contributed by atoms with Gasteiger partial charge in [-0.15, -0.1) is 11.8 Å². The summed E-state index contributed by atoms with van der Waals surface area (Å²) in [5.74, 6) is 0.549. The summed E-state index contributed by atoms with van der Waals surface area (Å²) < 4.78 is 10.9. The van der Waals surface area contributed by atoms with E-state index in [0.29, 0.717) is 41.5 Å². The zero-order chi connectivity index (χ0) is 20.6. The average Bonchev–Trinajstić information content (AvgIpc) is 2.91. The lowest BCUT2D eigenvalue weighted by molar-refractivity contribution is -0.123. The maximum absolute atomic E-state index is 12.3. The van der Waals surface area contributed by atoms with Crippen LogP contribution in [-0.4, -0.2) is 36.7 Å². The number of anilines is 1. The molecule has 0 bridgehead atoms. The van der Waals surface area contributed by atoms with Crippen LogP contribution < -0.4 is 25.6 Å². The lowest BCUT2D eigenvalue weighted by Gasteiger charge is -2.12. The van der Waals surface area contributed by atoms with E-state index in [1.54, 1.807) is 54.2 Å². The second kappa shape index (κ2) is 9.83. The van der Waals surface area contributed by atoms with Gasteiger partial charge in [0.25, 0.3) is 11.8 Å². The van der Waals surface area contributed by atoms with E-state index in [4.69, 9.17) is 9.47 Å². The molecule has 0 unspecified atom stereocenters. The monoisotopic (exact) mass is 415 g/mol. The molecule has 0 aliphatic carbocycles. The lowest BCUT2D eigenvalue weighted by Crippen LogP contribution is -2.43. The van der Waals surface area contributed by atoms with E-state index in [0.717, 1.165) is 4.90 Å². The fourth-order valence-electron chi connectivity index (χ4n) is 2.58. The molecular weight excluding hydrogens is 394 g/mol. The molecule has 0 saturated carbocycles. The maximum Gasteiger partial charge on any atom is 0.276 e. The Morgan fingerprint density at radius 3 is 2.62 bits per heavy atom. The fourth-order valence-corrected chi connectivity index (χ4v) is 3.52. The van der Waals surface area contributed by atoms with Crippen molar-refractivity contribution in [2.24, 2.45) is 0 Å². The number of amides is 3. The smallest absolute Gasteiger partial charge is 0.276 e. The zero-order valence-corrected chi connectivity index (χ0v) is 16.6. The minimum Gasteiger partial charge on any atom is -0.490 e. The van der Waals surface area contributed by atoms with Crippen LogP contribution in [0, 0.1) is 0 Å². The van der Waals surface area contributed by atoms with Gasteiger partial charge in [-0.3, -0.25) is 25.2 Å². The standard InChI is InChI=1S/C20H21N3O5S/c1-2-27-15-5-3-4-6-16(15)28-12-19(25)22-23-20(26)13-7-8-17-14(11-13)21-18(24)9-10-29-17/h3-8,11H,2,9-10,12H2,1H3,(H,21,24)(H,22,25)(H,23,26). The molecule has 0 fully saturated rings. The van der Waals surface area contributed by atoms with Crippen molar-refractivity contribution in [1.29, 1.82) is 0 Å². The molecule has 2 aromatic carbocycles. The molecule has 3 rings (SSSR count). The van der Waals surface area contributed by atoms with Gasteiger partial charge in [0.15, 0.2) is 18.1 Å². The molecule has 3 amide bonds. The summed E-state index contributed by atoms with van der Waals surface area (Å²) in [6.45, 7) is 2.04. The number of carbonyl (C=O) groups is 3. The molecule has 9 heteroatoms. The van der Waals surface area contributed by atoms with E-state index < -0.39 is 11.8 Å². The number of nitrogens with one attached hydrogen (secondary N) is 3. The summed E-state index contributed by atoms with van der Waals surface area (Å²) in [5, 5.41) is 2.78. The molecule has 1 heterocycles. The first-order chi connectivity index (χ1) is 14.1. The van der Waals surface area contributed by atoms with Crippen molar-refractivity contribution >= 4 is 35.2 Å². The molecule has 29 heavy (non-hydrogen) atoms. The van der Waals surface area contributed by atoms with Crippen LogP contribution in [0.3, 0.4) is 0 Å². The van der Waals surface area contributed by atoms with E-state index in [1.807, 2.05) is 6.92 Å². The third-order valence-electron chi connectivity index (χ3n) is 3.93. The normalized spacial score (nSPS) is 12.8. The van der Waals surface area contributed by atoms with Gasteiger partial charge in [0.1, 0.15) is 0 Å². The summed E-state index contributed by atoms with van der Waals surface area (Å²) in [6.07, 6.45) is 0.420. The number of hydrogen-bond donors (Lipinski definition) is 3. The van der Waals surface area contributed by atoms with Crippen LogP contribution in [0.15, 0.2) is 47.4 Å². The largest absolute Gasteiger partial charge is 0.490 e. The van der Waals surface area contributed by atoms with E-state index in [9.17, 15) is 14.4 Å². The molecule has 3 N–H and O–H groups in total. The van der Waals surface area contributed by atoms with Gasteiger partial charge < -0.3 is 14.8 Å². The second-order valence-electron chi connectivity index (χ2n) is 6.03. The van der Waals surface area contributed by atoms with E-state index >= 15 is 0 Å². The minimum atomic E-state index is -0.525. The van der Waals surface area contributed by atoms with E-state index in [-0.39, 0.29) is 12.5 Å². The number of carbonyl (C=O) groups excluding carboxylic acids is 3. The van der Waals surface area contributed by atoms with Crippen LogP contribution in [0.1, 0.15) is 23.7 Å². The minimum absolute atomic E-state index is 0.0911. The first-order valence-corrected chi connectivity index (χ1v) is 10.1. The van der Waals surface area contributed by atoms with Crippen molar-refractivity contribution in [2.75, 3.05) is 24.3 Å². The molecule has 0 aromatic heterocycles. The number of fused-ring (bicyclic) bond motifs is 1. The van der Waals surface area contributed by atoms with Gasteiger partial charge in [0, 0.05) is 22.6 Å². The van der Waals surface area contributed by atoms with Crippen molar-refractivity contribution in [3.05, 3.63) is 48.0 Å². The molecule has 8 nitrogen and oxygen atoms in total. The van der Waals surface area contributed by atoms with Crippen LogP contribution >= 0.6 is 11.8 Å². The number of rotatable bonds is 6. The number of hydrogen-bond acceptors (Lipinski definition) is 6. The molecule has 0 spiro atoms. The summed E-state index contributed by atoms with van der Waals surface area (Å²) in [6, 6.07) is 12.0. The molecule has 0 radical (unpaired) electrons. The fraction of sp³-hybridized carbons (Fsp3) is 0.250. The number of para-hydroxylation sites is 2. The summed E-state index contributed by atoms with van der Waals surface area (Å²) in [7, 11) is 0. The molecule has 152 valence electrons. The number of hydrazine groups is 1. The van der Waals surface area contributed by atoms with Crippen LogP contribution in [0.5, 0.6) is 11.5 Å². The van der Waals surface area contributed by atoms with Crippen LogP contribution in [0.25, 0.3) is 0 Å². The summed E-state index contributed by atoms with van der Waals surface area (Å²) >= 11 is 1.55. The highest BCUT2D eigenvalue weighted by molar-refractivity contribution is 7.99. The van der Waals surface area contributed by atoms with Gasteiger partial charge >= 0.3 is 0 Å². The number of benzene rings is 2. The van der Waals surface area contributed by atoms with E-state index in [2.05, 4.69) is 16.2 Å². The van der Waals surface area contributed by atoms with Crippen LogP contribution in [0.2, 0.25) is 0 Å². The Bertz CT molecular complexity index is 919. The molecule has 0 atom stereocenters. The van der Waals surface area contributed by atoms with Crippen molar-refractivity contribution in [2.45, 2.75) is 18.2 Å². The Hall–Kier alpha value is -3.20. The zero-order valence-electron chi connectivity index (χ0n) is 15.8. The molecule has 1 aliphatic rings. The van der Waals surface area contributed by atoms with Gasteiger partial charge in [-0.25, -0.2) is 0 Å². The van der Waals surface area contributed by atoms with Crippen molar-refractivity contribution in [1.82, 2.24) is 10.9 Å². The molecule has 0 saturated heterocycles. The van der Waals surface area contributed by atoms with E-state index in [1.165, 1.54) is 0 Å². The van der Waals surface area contributed by atoms with Crippen molar-refractivity contribution < 1.29 is 23.9 Å². The van der Waals surface area contributed by atoms with Gasteiger partial charge in [-0.1, -0.05) is 12.1 Å². The molecule has 2 aromatic rings. The van der Waals surface area contributed by atoms with Crippen molar-refractivity contribution in [3.8, 4) is 11.5 Å². The third-order valence-corrected chi connectivity index (χ3v) is 5.00. The summed E-state index contributed by atoms with van der Waals surface area (Å²) in [4.78, 5) is 36.9. The highest BCUT2D eigenvalue weighted by atomic mass is 32.2.